The first-order valence-corrected chi connectivity index (χ1v) is 10.4. The lowest BCUT2D eigenvalue weighted by Crippen LogP contribution is -2.54. The lowest BCUT2D eigenvalue weighted by Gasteiger charge is -2.28. The molecule has 0 aliphatic heterocycles. The molecule has 0 bridgehead atoms. The van der Waals surface area contributed by atoms with Gasteiger partial charge in [-0.3, -0.25) is 9.36 Å². The van der Waals surface area contributed by atoms with E-state index in [1.54, 1.807) is 43.5 Å². The third kappa shape index (κ3) is 4.25. The molecule has 30 heavy (non-hydrogen) atoms. The molecule has 2 aromatic rings. The van der Waals surface area contributed by atoms with Crippen molar-refractivity contribution in [1.29, 1.82) is 5.26 Å². The zero-order valence-electron chi connectivity index (χ0n) is 17.8. The summed E-state index contributed by atoms with van der Waals surface area (Å²) in [5.74, 6) is -0.307. The van der Waals surface area contributed by atoms with Crippen LogP contribution in [0.25, 0.3) is 11.0 Å². The van der Waals surface area contributed by atoms with E-state index in [0.29, 0.717) is 29.1 Å². The number of benzene rings is 1. The number of nitrogens with two attached hydrogens (primary N) is 1. The Labute approximate surface area is 175 Å². The number of carbonyl (C=O) groups excluding carboxylic acids is 2. The Morgan fingerprint density at radius 2 is 1.90 bits per heavy atom. The average molecular weight is 412 g/mol. The fourth-order valence-electron chi connectivity index (χ4n) is 4.23. The van der Waals surface area contributed by atoms with Crippen LogP contribution in [0.5, 0.6) is 0 Å². The van der Waals surface area contributed by atoms with Crippen LogP contribution in [-0.4, -0.2) is 27.1 Å². The average Bonchev–Trinajstić information content (AvgIpc) is 2.96. The standard InChI is InChI=1S/C22H29N5O3/c1-22(2,3)18(19(24)28)25-20(29)27-16-10-9-15(12-23)11-17(16)26(21(27)30)13-14-7-5-4-6-8-14/h9-11,14,18H,4-8,13H2,1-3H3,(H2,24,28)(H,25,29)/t18-/m1/s1. The summed E-state index contributed by atoms with van der Waals surface area (Å²) in [6.45, 7) is 5.87. The molecule has 0 radical (unpaired) electrons. The van der Waals surface area contributed by atoms with Crippen LogP contribution in [0.4, 0.5) is 4.79 Å². The third-order valence-corrected chi connectivity index (χ3v) is 5.85. The van der Waals surface area contributed by atoms with E-state index in [0.717, 1.165) is 30.3 Å². The molecule has 2 amide bonds. The smallest absolute Gasteiger partial charge is 0.337 e. The second-order valence-corrected chi connectivity index (χ2v) is 9.20. The molecule has 1 aliphatic rings. The Balaban J connectivity index is 2.07. The van der Waals surface area contributed by atoms with Crippen molar-refractivity contribution in [2.75, 3.05) is 0 Å². The van der Waals surface area contributed by atoms with E-state index >= 15 is 0 Å². The van der Waals surface area contributed by atoms with Crippen LogP contribution in [0.3, 0.4) is 0 Å². The van der Waals surface area contributed by atoms with Crippen LogP contribution < -0.4 is 16.7 Å². The number of hydrogen-bond acceptors (Lipinski definition) is 4. The first-order chi connectivity index (χ1) is 14.1. The summed E-state index contributed by atoms with van der Waals surface area (Å²) in [6.07, 6.45) is 5.55. The molecule has 1 heterocycles. The van der Waals surface area contributed by atoms with E-state index < -0.39 is 29.1 Å². The van der Waals surface area contributed by atoms with Gasteiger partial charge in [-0.25, -0.2) is 14.2 Å². The van der Waals surface area contributed by atoms with Gasteiger partial charge in [0.15, 0.2) is 0 Å². The highest BCUT2D eigenvalue weighted by molar-refractivity contribution is 5.93. The predicted octanol–water partition coefficient (Wildman–Crippen LogP) is 2.71. The molecule has 3 N–H and O–H groups in total. The van der Waals surface area contributed by atoms with Crippen LogP contribution in [-0.2, 0) is 11.3 Å². The van der Waals surface area contributed by atoms with Crippen molar-refractivity contribution in [3.8, 4) is 6.07 Å². The van der Waals surface area contributed by atoms with Gasteiger partial charge in [-0.05, 0) is 42.4 Å². The maximum absolute atomic E-state index is 13.3. The van der Waals surface area contributed by atoms with Crippen LogP contribution in [0, 0.1) is 22.7 Å². The van der Waals surface area contributed by atoms with E-state index in [4.69, 9.17) is 5.73 Å². The van der Waals surface area contributed by atoms with Gasteiger partial charge in [0.25, 0.3) is 0 Å². The number of primary amides is 1. The number of amides is 2. The molecular formula is C22H29N5O3. The minimum absolute atomic E-state index is 0.359. The van der Waals surface area contributed by atoms with Gasteiger partial charge >= 0.3 is 11.7 Å². The maximum atomic E-state index is 13.3. The van der Waals surface area contributed by atoms with Gasteiger partial charge in [-0.2, -0.15) is 5.26 Å². The number of aromatic nitrogens is 2. The summed E-state index contributed by atoms with van der Waals surface area (Å²) in [7, 11) is 0. The van der Waals surface area contributed by atoms with E-state index in [2.05, 4.69) is 11.4 Å². The van der Waals surface area contributed by atoms with Gasteiger partial charge in [-0.15, -0.1) is 0 Å². The molecule has 1 aromatic carbocycles. The van der Waals surface area contributed by atoms with E-state index in [1.165, 1.54) is 6.42 Å². The number of nitrogens with zero attached hydrogens (tertiary/aromatic N) is 3. The quantitative estimate of drug-likeness (QED) is 0.803. The highest BCUT2D eigenvalue weighted by atomic mass is 16.2. The molecule has 0 spiro atoms. The zero-order chi connectivity index (χ0) is 22.1. The van der Waals surface area contributed by atoms with E-state index in [9.17, 15) is 19.6 Å². The highest BCUT2D eigenvalue weighted by Gasteiger charge is 2.32. The molecule has 8 heteroatoms. The van der Waals surface area contributed by atoms with Crippen molar-refractivity contribution in [2.45, 2.75) is 65.5 Å². The summed E-state index contributed by atoms with van der Waals surface area (Å²) in [5, 5.41) is 11.9. The predicted molar refractivity (Wildman–Crippen MR) is 114 cm³/mol. The van der Waals surface area contributed by atoms with Crippen LogP contribution in [0.2, 0.25) is 0 Å². The number of fused-ring (bicyclic) bond motifs is 1. The van der Waals surface area contributed by atoms with Gasteiger partial charge < -0.3 is 11.1 Å². The Morgan fingerprint density at radius 3 is 2.47 bits per heavy atom. The number of imidazole rings is 1. The molecule has 8 nitrogen and oxygen atoms in total. The van der Waals surface area contributed by atoms with Gasteiger partial charge in [-0.1, -0.05) is 40.0 Å². The van der Waals surface area contributed by atoms with Crippen LogP contribution >= 0.6 is 0 Å². The molecule has 1 aliphatic carbocycles. The first kappa shape index (κ1) is 21.6. The maximum Gasteiger partial charge on any atom is 0.337 e. The lowest BCUT2D eigenvalue weighted by molar-refractivity contribution is -0.122. The molecule has 1 saturated carbocycles. The van der Waals surface area contributed by atoms with Crippen molar-refractivity contribution >= 4 is 23.0 Å². The molecular weight excluding hydrogens is 382 g/mol. The van der Waals surface area contributed by atoms with Crippen molar-refractivity contribution in [3.05, 3.63) is 34.2 Å². The van der Waals surface area contributed by atoms with Gasteiger partial charge in [0.05, 0.1) is 22.7 Å². The summed E-state index contributed by atoms with van der Waals surface area (Å²) < 4.78 is 2.63. The minimum atomic E-state index is -0.938. The number of hydrogen-bond donors (Lipinski definition) is 2. The molecule has 160 valence electrons. The van der Waals surface area contributed by atoms with Gasteiger partial charge in [0, 0.05) is 6.54 Å². The Bertz CT molecular complexity index is 1060. The SMILES string of the molecule is CC(C)(C)[C@H](NC(=O)n1c(=O)n(CC2CCCCC2)c2cc(C#N)ccc21)C(N)=O. The molecule has 1 fully saturated rings. The molecule has 1 aromatic heterocycles. The Morgan fingerprint density at radius 1 is 1.23 bits per heavy atom. The minimum Gasteiger partial charge on any atom is -0.368 e. The van der Waals surface area contributed by atoms with Crippen molar-refractivity contribution in [3.63, 3.8) is 0 Å². The fourth-order valence-corrected chi connectivity index (χ4v) is 4.23. The Kier molecular flexibility index (Phi) is 6.01. The molecule has 0 saturated heterocycles. The molecule has 0 unspecified atom stereocenters. The zero-order valence-corrected chi connectivity index (χ0v) is 17.8. The summed E-state index contributed by atoms with van der Waals surface area (Å²) in [6, 6.07) is 5.26. The van der Waals surface area contributed by atoms with Crippen LogP contribution in [0.1, 0.15) is 58.4 Å². The number of nitrogens with one attached hydrogen (secondary N) is 1. The number of rotatable bonds is 4. The normalized spacial score (nSPS) is 16.2. The first-order valence-electron chi connectivity index (χ1n) is 10.4. The second-order valence-electron chi connectivity index (χ2n) is 9.20. The number of nitriles is 1. The van der Waals surface area contributed by atoms with Gasteiger partial charge in [0.2, 0.25) is 5.91 Å². The molecule has 1 atom stereocenters. The van der Waals surface area contributed by atoms with Crippen LogP contribution in [0.15, 0.2) is 23.0 Å². The van der Waals surface area contributed by atoms with E-state index in [-0.39, 0.29) is 0 Å². The third-order valence-electron chi connectivity index (χ3n) is 5.85. The Hall–Kier alpha value is -3.08. The largest absolute Gasteiger partial charge is 0.368 e. The topological polar surface area (TPSA) is 123 Å². The van der Waals surface area contributed by atoms with E-state index in [1.807, 2.05) is 0 Å². The second kappa shape index (κ2) is 8.34. The highest BCUT2D eigenvalue weighted by Crippen LogP contribution is 2.26. The fraction of sp³-hybridized carbons (Fsp3) is 0.545. The molecule has 3 rings (SSSR count). The summed E-state index contributed by atoms with van der Waals surface area (Å²) in [4.78, 5) is 38.2. The lowest BCUT2D eigenvalue weighted by atomic mass is 9.86. The summed E-state index contributed by atoms with van der Waals surface area (Å²) in [5.41, 5.74) is 5.77. The monoisotopic (exact) mass is 411 g/mol. The number of carbonyl (C=O) groups is 2. The van der Waals surface area contributed by atoms with Gasteiger partial charge in [0.1, 0.15) is 6.04 Å². The van der Waals surface area contributed by atoms with Crippen molar-refractivity contribution in [2.24, 2.45) is 17.1 Å². The summed E-state index contributed by atoms with van der Waals surface area (Å²) >= 11 is 0. The van der Waals surface area contributed by atoms with Crippen molar-refractivity contribution in [1.82, 2.24) is 14.5 Å². The van der Waals surface area contributed by atoms with Crippen molar-refractivity contribution < 1.29 is 9.59 Å².